The van der Waals surface area contributed by atoms with Crippen molar-refractivity contribution in [2.24, 2.45) is 7.05 Å². The van der Waals surface area contributed by atoms with Crippen molar-refractivity contribution < 1.29 is 32.7 Å². The van der Waals surface area contributed by atoms with E-state index in [2.05, 4.69) is 116 Å². The first-order valence-electron chi connectivity index (χ1n) is 11.6. The standard InChI is InChI=1S/C32H24N.Y/c1-32(2)28-14-8-6-11-22(28)23-17-16-20(18-29(23)32)26-19-27-24-12-7-9-15-30(24)33(3)31(27)25-13-5-4-10-21(25)26;/h4-6,8-19H,1-3H3;/q-1;. The second-order valence-electron chi connectivity index (χ2n) is 9.80. The van der Waals surface area contributed by atoms with Crippen LogP contribution in [0.5, 0.6) is 0 Å². The first-order chi connectivity index (χ1) is 16.1. The summed E-state index contributed by atoms with van der Waals surface area (Å²) >= 11 is 0. The molecule has 0 atom stereocenters. The van der Waals surface area contributed by atoms with Crippen LogP contribution in [-0.4, -0.2) is 4.57 Å². The van der Waals surface area contributed by atoms with E-state index in [0.29, 0.717) is 0 Å². The van der Waals surface area contributed by atoms with Crippen molar-refractivity contribution in [1.29, 1.82) is 0 Å². The maximum atomic E-state index is 3.29. The van der Waals surface area contributed by atoms with Crippen molar-refractivity contribution >= 4 is 32.6 Å². The van der Waals surface area contributed by atoms with Gasteiger partial charge in [0.15, 0.2) is 0 Å². The molecule has 0 unspecified atom stereocenters. The Morgan fingerprint density at radius 2 is 1.41 bits per heavy atom. The number of fused-ring (bicyclic) bond motifs is 8. The maximum Gasteiger partial charge on any atom is 0.0426 e. The summed E-state index contributed by atoms with van der Waals surface area (Å²) in [4.78, 5) is 0. The van der Waals surface area contributed by atoms with Crippen LogP contribution in [0.3, 0.4) is 0 Å². The Balaban J connectivity index is 0.00000217. The van der Waals surface area contributed by atoms with Crippen molar-refractivity contribution in [2.75, 3.05) is 0 Å². The molecule has 1 aromatic heterocycles. The van der Waals surface area contributed by atoms with E-state index < -0.39 is 0 Å². The van der Waals surface area contributed by atoms with Gasteiger partial charge < -0.3 is 4.57 Å². The van der Waals surface area contributed by atoms with E-state index >= 15 is 0 Å². The number of aromatic nitrogens is 1. The molecule has 0 saturated carbocycles. The Bertz CT molecular complexity index is 1750. The van der Waals surface area contributed by atoms with Gasteiger partial charge in [-0.25, -0.2) is 0 Å². The summed E-state index contributed by atoms with van der Waals surface area (Å²) in [6.07, 6.45) is 0. The molecule has 1 radical (unpaired) electrons. The Kier molecular flexibility index (Phi) is 4.89. The molecule has 1 aliphatic rings. The normalized spacial score (nSPS) is 13.7. The molecule has 2 heteroatoms. The van der Waals surface area contributed by atoms with E-state index in [1.54, 1.807) is 0 Å². The van der Waals surface area contributed by atoms with Crippen LogP contribution in [0.2, 0.25) is 0 Å². The van der Waals surface area contributed by atoms with Gasteiger partial charge in [-0.1, -0.05) is 86.1 Å². The molecular formula is C32H24NY-. The average Bonchev–Trinajstić information content (AvgIpc) is 3.27. The van der Waals surface area contributed by atoms with Crippen LogP contribution < -0.4 is 0 Å². The van der Waals surface area contributed by atoms with Crippen LogP contribution in [0.4, 0.5) is 0 Å². The van der Waals surface area contributed by atoms with Crippen LogP contribution in [0, 0.1) is 6.07 Å². The van der Waals surface area contributed by atoms with Crippen molar-refractivity contribution in [3.05, 3.63) is 108 Å². The van der Waals surface area contributed by atoms with Crippen LogP contribution in [0.15, 0.2) is 91.0 Å². The molecule has 0 N–H and O–H groups in total. The summed E-state index contributed by atoms with van der Waals surface area (Å²) in [7, 11) is 2.17. The zero-order valence-corrected chi connectivity index (χ0v) is 22.5. The summed E-state index contributed by atoms with van der Waals surface area (Å²) in [6.45, 7) is 4.70. The van der Waals surface area contributed by atoms with Gasteiger partial charge in [0.05, 0.1) is 0 Å². The minimum Gasteiger partial charge on any atom is -0.367 e. The van der Waals surface area contributed by atoms with Gasteiger partial charge >= 0.3 is 0 Å². The smallest absolute Gasteiger partial charge is 0.0426 e. The third-order valence-corrected chi connectivity index (χ3v) is 7.74. The minimum absolute atomic E-state index is 0. The topological polar surface area (TPSA) is 4.93 Å². The Morgan fingerprint density at radius 1 is 0.676 bits per heavy atom. The summed E-state index contributed by atoms with van der Waals surface area (Å²) in [6, 6.07) is 36.7. The molecular weight excluding hydrogens is 487 g/mol. The summed E-state index contributed by atoms with van der Waals surface area (Å²) in [5.74, 6) is 0. The van der Waals surface area contributed by atoms with Crippen LogP contribution in [0.1, 0.15) is 25.0 Å². The largest absolute Gasteiger partial charge is 0.367 e. The minimum atomic E-state index is -0.00372. The quantitative estimate of drug-likeness (QED) is 0.196. The average molecular weight is 511 g/mol. The maximum absolute atomic E-state index is 3.29. The Labute approximate surface area is 225 Å². The molecule has 1 aliphatic carbocycles. The number of nitrogens with zero attached hydrogens (tertiary/aromatic N) is 1. The number of benzene rings is 5. The molecule has 6 aromatic rings. The second-order valence-corrected chi connectivity index (χ2v) is 9.80. The number of hydrogen-bond donors (Lipinski definition) is 0. The molecule has 161 valence electrons. The van der Waals surface area contributed by atoms with Crippen molar-refractivity contribution in [2.45, 2.75) is 19.3 Å². The molecule has 0 amide bonds. The molecule has 34 heavy (non-hydrogen) atoms. The third-order valence-electron chi connectivity index (χ3n) is 7.74. The first-order valence-corrected chi connectivity index (χ1v) is 11.6. The van der Waals surface area contributed by atoms with Gasteiger partial charge in [0.1, 0.15) is 0 Å². The molecule has 0 fully saturated rings. The van der Waals surface area contributed by atoms with Gasteiger partial charge in [0.2, 0.25) is 0 Å². The summed E-state index contributed by atoms with van der Waals surface area (Å²) in [5, 5.41) is 5.15. The van der Waals surface area contributed by atoms with Crippen LogP contribution in [-0.2, 0) is 45.2 Å². The molecule has 5 aromatic carbocycles. The third kappa shape index (κ3) is 2.81. The number of hydrogen-bond acceptors (Lipinski definition) is 0. The van der Waals surface area contributed by atoms with Gasteiger partial charge in [-0.05, 0) is 50.2 Å². The zero-order valence-electron chi connectivity index (χ0n) is 19.7. The molecule has 0 aliphatic heterocycles. The SMILES string of the molecule is Cn1c2cc[c-]cc2c2cc(-c3ccc4c(c3)C(C)(C)c3ccccc3-4)c3ccccc3c21.[Y]. The summed E-state index contributed by atoms with van der Waals surface area (Å²) < 4.78 is 2.33. The van der Waals surface area contributed by atoms with Gasteiger partial charge in [-0.3, -0.25) is 0 Å². The van der Waals surface area contributed by atoms with E-state index in [-0.39, 0.29) is 38.1 Å². The first kappa shape index (κ1) is 21.8. The molecule has 7 rings (SSSR count). The molecule has 1 heterocycles. The van der Waals surface area contributed by atoms with Gasteiger partial charge in [-0.15, -0.1) is 11.5 Å². The van der Waals surface area contributed by atoms with E-state index in [0.717, 1.165) is 0 Å². The monoisotopic (exact) mass is 511 g/mol. The molecule has 0 saturated heterocycles. The van der Waals surface area contributed by atoms with Crippen LogP contribution >= 0.6 is 0 Å². The molecule has 0 spiro atoms. The zero-order chi connectivity index (χ0) is 22.3. The summed E-state index contributed by atoms with van der Waals surface area (Å²) in [5.41, 5.74) is 10.7. The molecule has 0 bridgehead atoms. The van der Waals surface area contributed by atoms with Crippen LogP contribution in [0.25, 0.3) is 54.8 Å². The predicted octanol–water partition coefficient (Wildman–Crippen LogP) is 8.26. The Morgan fingerprint density at radius 3 is 2.26 bits per heavy atom. The number of aryl methyl sites for hydroxylation is 1. The fraction of sp³-hybridized carbons (Fsp3) is 0.125. The van der Waals surface area contributed by atoms with E-state index in [1.807, 2.05) is 6.07 Å². The van der Waals surface area contributed by atoms with Gasteiger partial charge in [0, 0.05) is 56.1 Å². The van der Waals surface area contributed by atoms with Gasteiger partial charge in [-0.2, -0.15) is 18.2 Å². The fourth-order valence-corrected chi connectivity index (χ4v) is 6.09. The number of rotatable bonds is 1. The fourth-order valence-electron chi connectivity index (χ4n) is 6.09. The molecule has 1 nitrogen and oxygen atoms in total. The van der Waals surface area contributed by atoms with E-state index in [9.17, 15) is 0 Å². The van der Waals surface area contributed by atoms with E-state index in [4.69, 9.17) is 0 Å². The predicted molar refractivity (Wildman–Crippen MR) is 140 cm³/mol. The van der Waals surface area contributed by atoms with Crippen molar-refractivity contribution in [3.8, 4) is 22.3 Å². The van der Waals surface area contributed by atoms with Crippen molar-refractivity contribution in [1.82, 2.24) is 4.57 Å². The van der Waals surface area contributed by atoms with Gasteiger partial charge in [0.25, 0.3) is 0 Å². The second kappa shape index (κ2) is 7.63. The Hall–Kier alpha value is -2.74. The van der Waals surface area contributed by atoms with Crippen molar-refractivity contribution in [3.63, 3.8) is 0 Å². The van der Waals surface area contributed by atoms with E-state index in [1.165, 1.54) is 66.0 Å².